The molecule has 0 radical (unpaired) electrons. The van der Waals surface area contributed by atoms with Crippen LogP contribution in [-0.4, -0.2) is 55.6 Å². The van der Waals surface area contributed by atoms with Gasteiger partial charge in [-0.3, -0.25) is 14.4 Å². The number of allylic oxidation sites excluding steroid dienone is 1. The molecule has 2 fully saturated rings. The van der Waals surface area contributed by atoms with Crippen LogP contribution in [0.1, 0.15) is 79.1 Å². The van der Waals surface area contributed by atoms with E-state index < -0.39 is 0 Å². The number of nitrogens with one attached hydrogen (secondary N) is 2. The molecule has 0 atom stereocenters. The topological polar surface area (TPSA) is 104 Å². The van der Waals surface area contributed by atoms with Crippen molar-refractivity contribution >= 4 is 57.9 Å². The molecule has 0 bridgehead atoms. The number of thiophene rings is 1. The molecule has 3 aliphatic rings. The fourth-order valence-electron chi connectivity index (χ4n) is 6.86. The summed E-state index contributed by atoms with van der Waals surface area (Å²) in [6.07, 6.45) is 5.48. The van der Waals surface area contributed by atoms with Crippen LogP contribution in [0.5, 0.6) is 0 Å². The minimum absolute atomic E-state index is 0.126. The lowest BCUT2D eigenvalue weighted by Crippen LogP contribution is -2.59. The van der Waals surface area contributed by atoms with Crippen LogP contribution in [0.15, 0.2) is 85.1 Å². The van der Waals surface area contributed by atoms with Crippen molar-refractivity contribution in [2.24, 2.45) is 5.41 Å². The van der Waals surface area contributed by atoms with E-state index in [1.54, 1.807) is 29.2 Å². The van der Waals surface area contributed by atoms with Gasteiger partial charge in [0.25, 0.3) is 17.7 Å². The van der Waals surface area contributed by atoms with Gasteiger partial charge in [0.05, 0.1) is 16.1 Å². The highest BCUT2D eigenvalue weighted by atomic mass is 32.1. The van der Waals surface area contributed by atoms with E-state index in [1.165, 1.54) is 11.3 Å². The van der Waals surface area contributed by atoms with E-state index in [9.17, 15) is 14.4 Å². The number of carbonyl (C=O) groups is 3. The van der Waals surface area contributed by atoms with Crippen molar-refractivity contribution < 1.29 is 19.1 Å². The smallest absolute Gasteiger partial charge is 0.265 e. The molecule has 7 rings (SSSR count). The Balaban J connectivity index is 1.04. The second-order valence-electron chi connectivity index (χ2n) is 13.3. The molecule has 0 saturated carbocycles. The second kappa shape index (κ2) is 14.0. The average Bonchev–Trinajstić information content (AvgIpc) is 3.53. The standard InChI is InChI=1S/C40H41N5O4S/c1-4-26(2)42-38(47)35-16-15-34(50-35)30-17-20-45(33-8-6-5-7-29(33)23-30)39(48)28-10-12-31(13-11-28)43-37(46)32-14-9-27(3)41-36(32)44-24-40(25-44)18-21-49-22-19-40/h5-16,23H,2,4,17-22,24-25H2,1,3H3,(H,42,47)(H,43,46). The molecule has 4 aromatic rings. The number of fused-ring (bicyclic) bond motifs is 1. The zero-order valence-corrected chi connectivity index (χ0v) is 29.3. The summed E-state index contributed by atoms with van der Waals surface area (Å²) in [5.74, 6) is 0.196. The molecule has 9 nitrogen and oxygen atoms in total. The van der Waals surface area contributed by atoms with Crippen molar-refractivity contribution in [2.75, 3.05) is 48.0 Å². The Kier molecular flexibility index (Phi) is 9.40. The van der Waals surface area contributed by atoms with Gasteiger partial charge in [0.15, 0.2) is 0 Å². The number of aryl methyl sites for hydroxylation is 1. The molecule has 2 saturated heterocycles. The van der Waals surface area contributed by atoms with E-state index in [4.69, 9.17) is 9.72 Å². The Labute approximate surface area is 296 Å². The minimum Gasteiger partial charge on any atom is -0.381 e. The first-order chi connectivity index (χ1) is 24.2. The number of benzene rings is 2. The summed E-state index contributed by atoms with van der Waals surface area (Å²) in [4.78, 5) is 50.6. The number of hydrogen-bond donors (Lipinski definition) is 2. The maximum absolute atomic E-state index is 14.0. The highest BCUT2D eigenvalue weighted by Crippen LogP contribution is 2.42. The molecular weight excluding hydrogens is 647 g/mol. The number of aromatic nitrogens is 1. The van der Waals surface area contributed by atoms with Crippen molar-refractivity contribution in [2.45, 2.75) is 39.5 Å². The van der Waals surface area contributed by atoms with Gasteiger partial charge in [-0.15, -0.1) is 11.3 Å². The first-order valence-electron chi connectivity index (χ1n) is 17.1. The van der Waals surface area contributed by atoms with Gasteiger partial charge in [0.2, 0.25) is 0 Å². The molecule has 1 spiro atoms. The summed E-state index contributed by atoms with van der Waals surface area (Å²) in [5.41, 5.74) is 6.28. The largest absolute Gasteiger partial charge is 0.381 e. The van der Waals surface area contributed by atoms with Crippen LogP contribution in [0.3, 0.4) is 0 Å². The summed E-state index contributed by atoms with van der Waals surface area (Å²) >= 11 is 1.44. The summed E-state index contributed by atoms with van der Waals surface area (Å²) < 4.78 is 5.57. The number of pyridine rings is 1. The van der Waals surface area contributed by atoms with E-state index in [-0.39, 0.29) is 23.1 Å². The second-order valence-corrected chi connectivity index (χ2v) is 14.4. The third-order valence-electron chi connectivity index (χ3n) is 9.82. The molecule has 256 valence electrons. The SMILES string of the molecule is C=C(CC)NC(=O)c1ccc(C2=Cc3ccccc3N(C(=O)c3ccc(NC(=O)c4ccc(C)nc4N4CC5(CCOCC5)C4)cc3)CC2)s1. The number of carbonyl (C=O) groups excluding carboxylic acids is 3. The normalized spacial score (nSPS) is 16.5. The van der Waals surface area contributed by atoms with Crippen LogP contribution in [-0.2, 0) is 4.74 Å². The van der Waals surface area contributed by atoms with Gasteiger partial charge < -0.3 is 25.2 Å². The lowest BCUT2D eigenvalue weighted by molar-refractivity contribution is -0.000519. The Morgan fingerprint density at radius 3 is 2.48 bits per heavy atom. The number of anilines is 3. The van der Waals surface area contributed by atoms with E-state index in [1.807, 2.05) is 62.4 Å². The summed E-state index contributed by atoms with van der Waals surface area (Å²) in [6, 6.07) is 22.4. The van der Waals surface area contributed by atoms with Crippen molar-refractivity contribution in [1.82, 2.24) is 10.3 Å². The third-order valence-corrected chi connectivity index (χ3v) is 11.0. The van der Waals surface area contributed by atoms with Crippen molar-refractivity contribution in [3.8, 4) is 0 Å². The monoisotopic (exact) mass is 687 g/mol. The average molecular weight is 688 g/mol. The first-order valence-corrected chi connectivity index (χ1v) is 18.0. The Hall–Kier alpha value is -5.06. The lowest BCUT2D eigenvalue weighted by Gasteiger charge is -2.53. The summed E-state index contributed by atoms with van der Waals surface area (Å²) in [7, 11) is 0. The Bertz CT molecular complexity index is 1980. The van der Waals surface area contributed by atoms with Gasteiger partial charge in [-0.2, -0.15) is 0 Å². The number of hydrogen-bond acceptors (Lipinski definition) is 7. The predicted octanol–water partition coefficient (Wildman–Crippen LogP) is 7.57. The summed E-state index contributed by atoms with van der Waals surface area (Å²) in [5, 5.41) is 5.87. The van der Waals surface area contributed by atoms with Gasteiger partial charge in [0.1, 0.15) is 5.82 Å². The zero-order valence-electron chi connectivity index (χ0n) is 28.5. The van der Waals surface area contributed by atoms with Gasteiger partial charge in [0, 0.05) is 65.8 Å². The predicted molar refractivity (Wildman–Crippen MR) is 200 cm³/mol. The molecule has 2 aromatic heterocycles. The Morgan fingerprint density at radius 2 is 1.72 bits per heavy atom. The first kappa shape index (κ1) is 33.4. The fraction of sp³-hybridized carbons (Fsp3) is 0.300. The molecule has 5 heterocycles. The maximum atomic E-state index is 14.0. The van der Waals surface area contributed by atoms with E-state index in [2.05, 4.69) is 28.2 Å². The van der Waals surface area contributed by atoms with Crippen LogP contribution >= 0.6 is 11.3 Å². The van der Waals surface area contributed by atoms with Crippen molar-refractivity contribution in [3.05, 3.63) is 117 Å². The quantitative estimate of drug-likeness (QED) is 0.198. The molecule has 3 aliphatic heterocycles. The van der Waals surface area contributed by atoms with Crippen LogP contribution in [0.4, 0.5) is 17.2 Å². The lowest BCUT2D eigenvalue weighted by atomic mass is 9.73. The van der Waals surface area contributed by atoms with E-state index in [0.717, 1.165) is 66.5 Å². The molecule has 10 heteroatoms. The molecule has 0 aliphatic carbocycles. The molecule has 2 aromatic carbocycles. The Morgan fingerprint density at radius 1 is 0.960 bits per heavy atom. The van der Waals surface area contributed by atoms with Gasteiger partial charge in [-0.1, -0.05) is 31.7 Å². The van der Waals surface area contributed by atoms with E-state index in [0.29, 0.717) is 52.6 Å². The van der Waals surface area contributed by atoms with Crippen LogP contribution in [0.2, 0.25) is 0 Å². The third kappa shape index (κ3) is 6.86. The number of para-hydroxylation sites is 1. The molecule has 3 amide bonds. The molecular formula is C40H41N5O4S. The van der Waals surface area contributed by atoms with Crippen LogP contribution in [0.25, 0.3) is 11.6 Å². The minimum atomic E-state index is -0.232. The highest BCUT2D eigenvalue weighted by Gasteiger charge is 2.45. The van der Waals surface area contributed by atoms with Gasteiger partial charge in [-0.25, -0.2) is 4.98 Å². The number of ether oxygens (including phenoxy) is 1. The number of amides is 3. The van der Waals surface area contributed by atoms with Crippen LogP contribution < -0.4 is 20.4 Å². The number of rotatable bonds is 8. The van der Waals surface area contributed by atoms with Crippen molar-refractivity contribution in [1.29, 1.82) is 0 Å². The molecule has 2 N–H and O–H groups in total. The van der Waals surface area contributed by atoms with Gasteiger partial charge in [-0.05, 0) is 104 Å². The highest BCUT2D eigenvalue weighted by molar-refractivity contribution is 7.15. The maximum Gasteiger partial charge on any atom is 0.265 e. The molecule has 50 heavy (non-hydrogen) atoms. The van der Waals surface area contributed by atoms with E-state index >= 15 is 0 Å². The zero-order chi connectivity index (χ0) is 34.8. The number of nitrogens with zero attached hydrogens (tertiary/aromatic N) is 3. The summed E-state index contributed by atoms with van der Waals surface area (Å²) in [6.45, 7) is 11.6. The molecule has 0 unspecified atom stereocenters. The van der Waals surface area contributed by atoms with Gasteiger partial charge >= 0.3 is 0 Å². The van der Waals surface area contributed by atoms with Crippen molar-refractivity contribution in [3.63, 3.8) is 0 Å². The fourth-order valence-corrected chi connectivity index (χ4v) is 7.81. The van der Waals surface area contributed by atoms with Crippen LogP contribution in [0, 0.1) is 12.3 Å².